The summed E-state index contributed by atoms with van der Waals surface area (Å²) in [6.45, 7) is 4.85. The lowest BCUT2D eigenvalue weighted by Crippen LogP contribution is -2.50. The third-order valence-electron chi connectivity index (χ3n) is 2.53. The van der Waals surface area contributed by atoms with E-state index in [1.54, 1.807) is 20.8 Å². The quantitative estimate of drug-likeness (QED) is 0.547. The Balaban J connectivity index is 3.28. The van der Waals surface area contributed by atoms with E-state index in [1.165, 1.54) is 24.3 Å². The molecule has 0 spiro atoms. The second kappa shape index (κ2) is 5.70. The number of aliphatic hydroxyl groups is 2. The van der Waals surface area contributed by atoms with E-state index in [4.69, 9.17) is 9.84 Å². The minimum Gasteiger partial charge on any atom is -0.479 e. The van der Waals surface area contributed by atoms with Crippen LogP contribution in [0.25, 0.3) is 0 Å². The van der Waals surface area contributed by atoms with Crippen LogP contribution in [0.5, 0.6) is 0 Å². The fourth-order valence-electron chi connectivity index (χ4n) is 1.71. The lowest BCUT2D eigenvalue weighted by Gasteiger charge is -2.37. The van der Waals surface area contributed by atoms with Crippen LogP contribution in [0, 0.1) is 0 Å². The number of carbonyl (C=O) groups excluding carboxylic acids is 1. The van der Waals surface area contributed by atoms with Crippen LogP contribution in [0.3, 0.4) is 0 Å². The fraction of sp³-hybridized carbons (Fsp3) is 0.429. The van der Waals surface area contributed by atoms with E-state index in [-0.39, 0.29) is 5.56 Å². The standard InChI is InChI=1S/C14H18O6/c1-13(2,3)20-14(19,11(16)12(17)18)10-6-4-9(8-15)5-7-10/h4-8,11,16,19H,1-3H3,(H,17,18). The third kappa shape index (κ3) is 3.63. The summed E-state index contributed by atoms with van der Waals surface area (Å²) >= 11 is 0. The zero-order valence-electron chi connectivity index (χ0n) is 11.5. The molecule has 0 saturated carbocycles. The SMILES string of the molecule is CC(C)(C)OC(O)(c1ccc(C=O)cc1)C(O)C(=O)O. The Bertz CT molecular complexity index is 487. The number of ether oxygens (including phenoxy) is 1. The molecule has 0 radical (unpaired) electrons. The van der Waals surface area contributed by atoms with Gasteiger partial charge in [0, 0.05) is 11.1 Å². The van der Waals surface area contributed by atoms with Crippen LogP contribution in [0.1, 0.15) is 36.7 Å². The maximum Gasteiger partial charge on any atom is 0.338 e. The Morgan fingerprint density at radius 3 is 2.10 bits per heavy atom. The number of aldehydes is 1. The summed E-state index contributed by atoms with van der Waals surface area (Å²) in [6, 6.07) is 5.46. The molecule has 1 aromatic carbocycles. The first-order chi connectivity index (χ1) is 9.10. The highest BCUT2D eigenvalue weighted by molar-refractivity contribution is 5.75. The first-order valence-electron chi connectivity index (χ1n) is 5.99. The highest BCUT2D eigenvalue weighted by Gasteiger charge is 2.46. The normalized spacial score (nSPS) is 16.2. The van der Waals surface area contributed by atoms with Crippen LogP contribution >= 0.6 is 0 Å². The Morgan fingerprint density at radius 2 is 1.75 bits per heavy atom. The highest BCUT2D eigenvalue weighted by atomic mass is 16.7. The van der Waals surface area contributed by atoms with Gasteiger partial charge in [-0.2, -0.15) is 0 Å². The molecule has 6 heteroatoms. The predicted octanol–water partition coefficient (Wildman–Crippen LogP) is 0.905. The Labute approximate surface area is 116 Å². The van der Waals surface area contributed by atoms with E-state index in [0.29, 0.717) is 11.8 Å². The number of carboxylic acids is 1. The summed E-state index contributed by atoms with van der Waals surface area (Å²) in [6.07, 6.45) is -1.55. The number of rotatable bonds is 5. The average Bonchev–Trinajstić information content (AvgIpc) is 2.35. The van der Waals surface area contributed by atoms with Gasteiger partial charge < -0.3 is 20.1 Å². The van der Waals surface area contributed by atoms with Gasteiger partial charge in [0.25, 0.3) is 0 Å². The summed E-state index contributed by atoms with van der Waals surface area (Å²) < 4.78 is 5.34. The van der Waals surface area contributed by atoms with Crippen LogP contribution in [0.4, 0.5) is 0 Å². The highest BCUT2D eigenvalue weighted by Crippen LogP contribution is 2.32. The van der Waals surface area contributed by atoms with E-state index in [2.05, 4.69) is 0 Å². The van der Waals surface area contributed by atoms with Gasteiger partial charge in [0.2, 0.25) is 11.9 Å². The molecule has 0 bridgehead atoms. The molecule has 0 saturated heterocycles. The fourth-order valence-corrected chi connectivity index (χ4v) is 1.71. The Hall–Kier alpha value is -1.76. The van der Waals surface area contributed by atoms with E-state index < -0.39 is 23.5 Å². The van der Waals surface area contributed by atoms with Crippen LogP contribution in [-0.2, 0) is 15.3 Å². The largest absolute Gasteiger partial charge is 0.479 e. The summed E-state index contributed by atoms with van der Waals surface area (Å²) in [4.78, 5) is 21.6. The van der Waals surface area contributed by atoms with Gasteiger partial charge in [-0.05, 0) is 20.8 Å². The van der Waals surface area contributed by atoms with Gasteiger partial charge in [0.05, 0.1) is 5.60 Å². The molecule has 110 valence electrons. The van der Waals surface area contributed by atoms with Gasteiger partial charge in [0.15, 0.2) is 0 Å². The van der Waals surface area contributed by atoms with Crippen molar-refractivity contribution in [3.05, 3.63) is 35.4 Å². The number of aliphatic hydroxyl groups excluding tert-OH is 1. The topological polar surface area (TPSA) is 104 Å². The van der Waals surface area contributed by atoms with E-state index in [1.807, 2.05) is 0 Å². The molecule has 0 amide bonds. The number of aliphatic carboxylic acids is 1. The van der Waals surface area contributed by atoms with Crippen LogP contribution in [-0.4, -0.2) is 39.3 Å². The zero-order chi connectivity index (χ0) is 15.6. The second-order valence-corrected chi connectivity index (χ2v) is 5.39. The van der Waals surface area contributed by atoms with Crippen molar-refractivity contribution in [2.24, 2.45) is 0 Å². The maximum atomic E-state index is 11.0. The summed E-state index contributed by atoms with van der Waals surface area (Å²) in [5.74, 6) is -4.03. The lowest BCUT2D eigenvalue weighted by molar-refractivity contribution is -0.301. The minimum absolute atomic E-state index is 0.0490. The number of benzene rings is 1. The smallest absolute Gasteiger partial charge is 0.338 e. The molecule has 0 aliphatic rings. The van der Waals surface area contributed by atoms with Crippen LogP contribution < -0.4 is 0 Å². The molecular weight excluding hydrogens is 264 g/mol. The Kier molecular flexibility index (Phi) is 4.65. The molecule has 3 N–H and O–H groups in total. The molecule has 2 unspecified atom stereocenters. The first kappa shape index (κ1) is 16.3. The maximum absolute atomic E-state index is 11.0. The molecular formula is C14H18O6. The summed E-state index contributed by atoms with van der Waals surface area (Å²) in [5.41, 5.74) is -0.487. The predicted molar refractivity (Wildman–Crippen MR) is 70.2 cm³/mol. The lowest BCUT2D eigenvalue weighted by atomic mass is 9.97. The van der Waals surface area contributed by atoms with Crippen molar-refractivity contribution in [2.75, 3.05) is 0 Å². The van der Waals surface area contributed by atoms with E-state index in [0.717, 1.165) is 0 Å². The number of carboxylic acid groups (broad SMARTS) is 1. The van der Waals surface area contributed by atoms with Gasteiger partial charge in [-0.1, -0.05) is 24.3 Å². The zero-order valence-corrected chi connectivity index (χ0v) is 11.5. The molecule has 0 fully saturated rings. The van der Waals surface area contributed by atoms with Crippen molar-refractivity contribution in [1.82, 2.24) is 0 Å². The summed E-state index contributed by atoms with van der Waals surface area (Å²) in [7, 11) is 0. The van der Waals surface area contributed by atoms with E-state index in [9.17, 15) is 19.8 Å². The number of hydrogen-bond acceptors (Lipinski definition) is 5. The van der Waals surface area contributed by atoms with Crippen LogP contribution in [0.15, 0.2) is 24.3 Å². The van der Waals surface area contributed by atoms with Gasteiger partial charge in [0.1, 0.15) is 6.29 Å². The van der Waals surface area contributed by atoms with Gasteiger partial charge >= 0.3 is 5.97 Å². The Morgan fingerprint density at radius 1 is 1.25 bits per heavy atom. The van der Waals surface area contributed by atoms with Crippen molar-refractivity contribution in [3.63, 3.8) is 0 Å². The molecule has 1 aromatic rings. The molecule has 2 atom stereocenters. The van der Waals surface area contributed by atoms with Crippen molar-refractivity contribution < 1.29 is 29.6 Å². The van der Waals surface area contributed by atoms with Crippen molar-refractivity contribution in [2.45, 2.75) is 38.3 Å². The second-order valence-electron chi connectivity index (χ2n) is 5.39. The van der Waals surface area contributed by atoms with Gasteiger partial charge in [-0.3, -0.25) is 4.79 Å². The van der Waals surface area contributed by atoms with Crippen molar-refractivity contribution >= 4 is 12.3 Å². The third-order valence-corrected chi connectivity index (χ3v) is 2.53. The van der Waals surface area contributed by atoms with Crippen molar-refractivity contribution in [3.8, 4) is 0 Å². The minimum atomic E-state index is -2.41. The molecule has 0 heterocycles. The molecule has 0 aromatic heterocycles. The van der Waals surface area contributed by atoms with Gasteiger partial charge in [-0.25, -0.2) is 4.79 Å². The van der Waals surface area contributed by atoms with Gasteiger partial charge in [-0.15, -0.1) is 0 Å². The monoisotopic (exact) mass is 282 g/mol. The van der Waals surface area contributed by atoms with E-state index >= 15 is 0 Å². The van der Waals surface area contributed by atoms with Crippen molar-refractivity contribution in [1.29, 1.82) is 0 Å². The number of carbonyl (C=O) groups is 2. The molecule has 20 heavy (non-hydrogen) atoms. The van der Waals surface area contributed by atoms with Crippen LogP contribution in [0.2, 0.25) is 0 Å². The summed E-state index contributed by atoms with van der Waals surface area (Å²) in [5, 5.41) is 29.2. The molecule has 1 rings (SSSR count). The number of hydrogen-bond donors (Lipinski definition) is 3. The first-order valence-corrected chi connectivity index (χ1v) is 5.99. The molecule has 6 nitrogen and oxygen atoms in total. The molecule has 0 aliphatic heterocycles. The molecule has 0 aliphatic carbocycles. The average molecular weight is 282 g/mol.